The maximum atomic E-state index is 12.8. The minimum atomic E-state index is -0.714. The summed E-state index contributed by atoms with van der Waals surface area (Å²) in [4.78, 5) is 27.2. The third-order valence-corrected chi connectivity index (χ3v) is 5.66. The van der Waals surface area contributed by atoms with Crippen molar-refractivity contribution in [3.63, 3.8) is 0 Å². The normalized spacial score (nSPS) is 14.8. The summed E-state index contributed by atoms with van der Waals surface area (Å²) in [7, 11) is 0. The van der Waals surface area contributed by atoms with Gasteiger partial charge in [-0.25, -0.2) is 4.79 Å². The predicted molar refractivity (Wildman–Crippen MR) is 124 cm³/mol. The van der Waals surface area contributed by atoms with E-state index in [0.29, 0.717) is 48.3 Å². The van der Waals surface area contributed by atoms with Crippen molar-refractivity contribution < 1.29 is 19.5 Å². The number of benzene rings is 2. The third kappa shape index (κ3) is 5.57. The number of carbonyl (C=O) groups is 2. The van der Waals surface area contributed by atoms with Gasteiger partial charge in [0.05, 0.1) is 35.1 Å². The zero-order valence-corrected chi connectivity index (χ0v) is 19.1. The van der Waals surface area contributed by atoms with Crippen LogP contribution < -0.4 is 10.6 Å². The molecule has 3 N–H and O–H groups in total. The summed E-state index contributed by atoms with van der Waals surface area (Å²) in [5.41, 5.74) is 2.14. The molecular weight excluding hydrogens is 432 g/mol. The molecular formula is C23H27ClN4O4. The monoisotopic (exact) mass is 458 g/mol. The molecule has 0 unspecified atom stereocenters. The summed E-state index contributed by atoms with van der Waals surface area (Å²) in [5, 5.41) is 18.3. The summed E-state index contributed by atoms with van der Waals surface area (Å²) in [6, 6.07) is 11.8. The number of carbonyl (C=O) groups excluding carboxylic acids is 2. The standard InChI is InChI=1S/C23H27ClN4O4/c1-15(27-31)16-5-4-6-17(13-16)23(2,3)26-22(30)25-18-7-8-20(24)19(14-18)21(29)28-9-11-32-12-10-28/h4-8,13-14,31H,9-12H2,1-3H3,(H2,25,26,30)/b27-15+. The number of nitrogens with zero attached hydrogens (tertiary/aromatic N) is 2. The zero-order chi connectivity index (χ0) is 23.3. The Morgan fingerprint density at radius 1 is 1.16 bits per heavy atom. The van der Waals surface area contributed by atoms with Crippen LogP contribution in [0.15, 0.2) is 47.6 Å². The molecule has 0 saturated carbocycles. The van der Waals surface area contributed by atoms with Crippen LogP contribution in [0.1, 0.15) is 42.3 Å². The maximum absolute atomic E-state index is 12.8. The fourth-order valence-electron chi connectivity index (χ4n) is 3.41. The average molecular weight is 459 g/mol. The second kappa shape index (κ2) is 10.0. The Labute approximate surface area is 192 Å². The molecule has 1 aliphatic rings. The number of morpholine rings is 1. The highest BCUT2D eigenvalue weighted by molar-refractivity contribution is 6.34. The molecule has 0 aliphatic carbocycles. The number of hydrogen-bond acceptors (Lipinski definition) is 5. The molecule has 9 heteroatoms. The van der Waals surface area contributed by atoms with Crippen LogP contribution in [0.3, 0.4) is 0 Å². The highest BCUT2D eigenvalue weighted by atomic mass is 35.5. The molecule has 0 radical (unpaired) electrons. The third-order valence-electron chi connectivity index (χ3n) is 5.33. The van der Waals surface area contributed by atoms with E-state index < -0.39 is 11.6 Å². The Hall–Kier alpha value is -3.10. The second-order valence-electron chi connectivity index (χ2n) is 8.07. The van der Waals surface area contributed by atoms with Crippen LogP contribution in [0, 0.1) is 0 Å². The number of halogens is 1. The highest BCUT2D eigenvalue weighted by Gasteiger charge is 2.25. The Morgan fingerprint density at radius 3 is 2.56 bits per heavy atom. The van der Waals surface area contributed by atoms with E-state index in [9.17, 15) is 9.59 Å². The fourth-order valence-corrected chi connectivity index (χ4v) is 3.61. The SMILES string of the molecule is C/C(=N\O)c1cccc(C(C)(C)NC(=O)Nc2ccc(Cl)c(C(=O)N3CCOCC3)c2)c1. The lowest BCUT2D eigenvalue weighted by Crippen LogP contribution is -2.43. The van der Waals surface area contributed by atoms with Gasteiger partial charge in [0, 0.05) is 18.8 Å². The number of anilines is 1. The van der Waals surface area contributed by atoms with Crippen LogP contribution in [-0.2, 0) is 10.3 Å². The molecule has 0 atom stereocenters. The number of hydrogen-bond donors (Lipinski definition) is 3. The molecule has 170 valence electrons. The minimum absolute atomic E-state index is 0.194. The number of rotatable bonds is 5. The Bertz CT molecular complexity index is 1030. The van der Waals surface area contributed by atoms with Crippen molar-refractivity contribution in [2.24, 2.45) is 5.16 Å². The van der Waals surface area contributed by atoms with Gasteiger partial charge in [-0.2, -0.15) is 0 Å². The van der Waals surface area contributed by atoms with Crippen LogP contribution in [0.2, 0.25) is 5.02 Å². The average Bonchev–Trinajstić information content (AvgIpc) is 2.79. The molecule has 2 aromatic rings. The van der Waals surface area contributed by atoms with Crippen LogP contribution in [0.5, 0.6) is 0 Å². The molecule has 2 aromatic carbocycles. The lowest BCUT2D eigenvalue weighted by molar-refractivity contribution is 0.0303. The highest BCUT2D eigenvalue weighted by Crippen LogP contribution is 2.24. The number of nitrogens with one attached hydrogen (secondary N) is 2. The first-order valence-corrected chi connectivity index (χ1v) is 10.6. The van der Waals surface area contributed by atoms with Crippen molar-refractivity contribution in [3.05, 3.63) is 64.2 Å². The lowest BCUT2D eigenvalue weighted by Gasteiger charge is -2.28. The van der Waals surface area contributed by atoms with Crippen LogP contribution >= 0.6 is 11.6 Å². The molecule has 1 saturated heterocycles. The van der Waals surface area contributed by atoms with Crippen LogP contribution in [0.25, 0.3) is 0 Å². The van der Waals surface area contributed by atoms with Crippen molar-refractivity contribution in [3.8, 4) is 0 Å². The smallest absolute Gasteiger partial charge is 0.319 e. The zero-order valence-electron chi connectivity index (χ0n) is 18.3. The summed E-state index contributed by atoms with van der Waals surface area (Å²) < 4.78 is 5.29. The van der Waals surface area contributed by atoms with Gasteiger partial charge in [0.15, 0.2) is 0 Å². The fraction of sp³-hybridized carbons (Fsp3) is 0.348. The van der Waals surface area contributed by atoms with Gasteiger partial charge in [-0.05, 0) is 56.2 Å². The van der Waals surface area contributed by atoms with E-state index in [1.165, 1.54) is 0 Å². The second-order valence-corrected chi connectivity index (χ2v) is 8.48. The molecule has 0 aromatic heterocycles. The lowest BCUT2D eigenvalue weighted by atomic mass is 9.92. The molecule has 1 fully saturated rings. The topological polar surface area (TPSA) is 103 Å². The number of amides is 3. The van der Waals surface area contributed by atoms with E-state index in [1.807, 2.05) is 38.1 Å². The minimum Gasteiger partial charge on any atom is -0.411 e. The van der Waals surface area contributed by atoms with E-state index in [4.69, 9.17) is 21.5 Å². The van der Waals surface area contributed by atoms with Crippen molar-refractivity contribution in [1.82, 2.24) is 10.2 Å². The van der Waals surface area contributed by atoms with Gasteiger partial charge >= 0.3 is 6.03 Å². The van der Waals surface area contributed by atoms with E-state index in [-0.39, 0.29) is 5.91 Å². The molecule has 3 rings (SSSR count). The van der Waals surface area contributed by atoms with Gasteiger partial charge in [0.25, 0.3) is 5.91 Å². The van der Waals surface area contributed by atoms with Crippen LogP contribution in [0.4, 0.5) is 10.5 Å². The van der Waals surface area contributed by atoms with Gasteiger partial charge in [0.1, 0.15) is 0 Å². The molecule has 1 aliphatic heterocycles. The maximum Gasteiger partial charge on any atom is 0.319 e. The predicted octanol–water partition coefficient (Wildman–Crippen LogP) is 4.07. The van der Waals surface area contributed by atoms with Gasteiger partial charge < -0.3 is 25.5 Å². The summed E-state index contributed by atoms with van der Waals surface area (Å²) in [5.74, 6) is -0.194. The van der Waals surface area contributed by atoms with E-state index in [1.54, 1.807) is 30.0 Å². The summed E-state index contributed by atoms with van der Waals surface area (Å²) in [6.45, 7) is 7.41. The Balaban J connectivity index is 1.72. The first-order valence-electron chi connectivity index (χ1n) is 10.3. The molecule has 3 amide bonds. The molecule has 8 nitrogen and oxygen atoms in total. The van der Waals surface area contributed by atoms with E-state index in [0.717, 1.165) is 11.1 Å². The van der Waals surface area contributed by atoms with Crippen molar-refractivity contribution in [2.75, 3.05) is 31.6 Å². The first-order chi connectivity index (χ1) is 15.2. The van der Waals surface area contributed by atoms with Crippen molar-refractivity contribution >= 4 is 34.9 Å². The molecule has 0 spiro atoms. The van der Waals surface area contributed by atoms with Gasteiger partial charge in [0.2, 0.25) is 0 Å². The van der Waals surface area contributed by atoms with E-state index >= 15 is 0 Å². The number of urea groups is 1. The van der Waals surface area contributed by atoms with Crippen LogP contribution in [-0.4, -0.2) is 54.1 Å². The quantitative estimate of drug-likeness (QED) is 0.357. The van der Waals surface area contributed by atoms with Crippen molar-refractivity contribution in [2.45, 2.75) is 26.3 Å². The number of ether oxygens (including phenoxy) is 1. The van der Waals surface area contributed by atoms with E-state index in [2.05, 4.69) is 15.8 Å². The van der Waals surface area contributed by atoms with Gasteiger partial charge in [-0.15, -0.1) is 0 Å². The largest absolute Gasteiger partial charge is 0.411 e. The molecule has 1 heterocycles. The molecule has 32 heavy (non-hydrogen) atoms. The summed E-state index contributed by atoms with van der Waals surface area (Å²) in [6.07, 6.45) is 0. The summed E-state index contributed by atoms with van der Waals surface area (Å²) >= 11 is 6.25. The Morgan fingerprint density at radius 2 is 1.88 bits per heavy atom. The van der Waals surface area contributed by atoms with Crippen molar-refractivity contribution in [1.29, 1.82) is 0 Å². The first kappa shape index (κ1) is 23.6. The van der Waals surface area contributed by atoms with Gasteiger partial charge in [-0.3, -0.25) is 4.79 Å². The number of oxime groups is 1. The van der Waals surface area contributed by atoms with Gasteiger partial charge in [-0.1, -0.05) is 35.0 Å². The molecule has 0 bridgehead atoms. The Kier molecular flexibility index (Phi) is 7.37.